The molecule has 0 saturated heterocycles. The van der Waals surface area contributed by atoms with E-state index in [1.54, 1.807) is 47.4 Å². The van der Waals surface area contributed by atoms with Crippen molar-refractivity contribution in [3.63, 3.8) is 0 Å². The molecule has 0 N–H and O–H groups in total. The first-order valence-corrected chi connectivity index (χ1v) is 11.4. The van der Waals surface area contributed by atoms with Gasteiger partial charge in [-0.3, -0.25) is 14.2 Å². The number of hydrogen-bond donors (Lipinski definition) is 0. The van der Waals surface area contributed by atoms with Crippen molar-refractivity contribution in [1.29, 1.82) is 0 Å². The van der Waals surface area contributed by atoms with Gasteiger partial charge in [0.2, 0.25) is 5.91 Å². The number of para-hydroxylation sites is 3. The Morgan fingerprint density at radius 1 is 0.969 bits per heavy atom. The summed E-state index contributed by atoms with van der Waals surface area (Å²) in [5.74, 6) is -0.498. The molecule has 5 nitrogen and oxygen atoms in total. The molecule has 1 aliphatic heterocycles. The number of hydrogen-bond acceptors (Lipinski definition) is 4. The van der Waals surface area contributed by atoms with Gasteiger partial charge in [0.15, 0.2) is 5.16 Å². The van der Waals surface area contributed by atoms with E-state index in [0.717, 1.165) is 35.9 Å². The van der Waals surface area contributed by atoms with Crippen LogP contribution >= 0.6 is 11.8 Å². The van der Waals surface area contributed by atoms with Crippen LogP contribution < -0.4 is 10.5 Å². The molecule has 32 heavy (non-hydrogen) atoms. The molecule has 5 rings (SSSR count). The van der Waals surface area contributed by atoms with Gasteiger partial charge in [0.25, 0.3) is 5.56 Å². The number of carbonyl (C=O) groups is 1. The molecular weight excluding hydrogens is 425 g/mol. The van der Waals surface area contributed by atoms with E-state index in [-0.39, 0.29) is 28.1 Å². The third kappa shape index (κ3) is 3.69. The minimum atomic E-state index is -0.523. The first kappa shape index (κ1) is 20.5. The summed E-state index contributed by atoms with van der Waals surface area (Å²) in [4.78, 5) is 32.8. The summed E-state index contributed by atoms with van der Waals surface area (Å²) in [6.45, 7) is 0.654. The summed E-state index contributed by atoms with van der Waals surface area (Å²) in [5, 5.41) is 0.689. The lowest BCUT2D eigenvalue weighted by molar-refractivity contribution is -0.116. The number of rotatable bonds is 4. The molecular formula is C25H20FN3O2S. The Bertz CT molecular complexity index is 1390. The lowest BCUT2D eigenvalue weighted by Gasteiger charge is -2.29. The topological polar surface area (TPSA) is 55.2 Å². The number of anilines is 1. The van der Waals surface area contributed by atoms with Gasteiger partial charge in [0, 0.05) is 12.2 Å². The summed E-state index contributed by atoms with van der Waals surface area (Å²) < 4.78 is 15.9. The van der Waals surface area contributed by atoms with E-state index in [1.807, 2.05) is 24.3 Å². The third-order valence-electron chi connectivity index (χ3n) is 5.57. The van der Waals surface area contributed by atoms with Crippen molar-refractivity contribution >= 4 is 34.3 Å². The Balaban J connectivity index is 1.52. The largest absolute Gasteiger partial charge is 0.311 e. The second kappa shape index (κ2) is 8.59. The van der Waals surface area contributed by atoms with E-state index in [1.165, 1.54) is 10.6 Å². The van der Waals surface area contributed by atoms with Crippen LogP contribution in [-0.4, -0.2) is 27.8 Å². The van der Waals surface area contributed by atoms with E-state index in [4.69, 9.17) is 0 Å². The number of nitrogens with zero attached hydrogens (tertiary/aromatic N) is 3. The molecule has 4 aromatic rings. The zero-order valence-electron chi connectivity index (χ0n) is 17.2. The number of amides is 1. The molecule has 0 spiro atoms. The van der Waals surface area contributed by atoms with Crippen LogP contribution in [0.4, 0.5) is 10.1 Å². The summed E-state index contributed by atoms with van der Waals surface area (Å²) in [5.41, 5.74) is 2.36. The minimum Gasteiger partial charge on any atom is -0.311 e. The third-order valence-corrected chi connectivity index (χ3v) is 6.50. The first-order chi connectivity index (χ1) is 15.6. The molecule has 0 unspecified atom stereocenters. The van der Waals surface area contributed by atoms with Crippen LogP contribution in [0.15, 0.2) is 82.7 Å². The molecule has 160 valence electrons. The Labute approximate surface area is 188 Å². The highest BCUT2D eigenvalue weighted by Gasteiger charge is 2.23. The van der Waals surface area contributed by atoms with Crippen molar-refractivity contribution in [3.05, 3.63) is 94.5 Å². The molecule has 0 aliphatic carbocycles. The maximum absolute atomic E-state index is 14.6. The van der Waals surface area contributed by atoms with Crippen molar-refractivity contribution in [2.75, 3.05) is 17.2 Å². The Morgan fingerprint density at radius 3 is 2.53 bits per heavy atom. The predicted octanol–water partition coefficient (Wildman–Crippen LogP) is 4.60. The molecule has 0 radical (unpaired) electrons. The van der Waals surface area contributed by atoms with Gasteiger partial charge in [0.1, 0.15) is 5.82 Å². The highest BCUT2D eigenvalue weighted by molar-refractivity contribution is 7.99. The molecule has 7 heteroatoms. The minimum absolute atomic E-state index is 0.0651. The number of carbonyl (C=O) groups excluding carboxylic acids is 1. The molecule has 1 amide bonds. The lowest BCUT2D eigenvalue weighted by Crippen LogP contribution is -2.36. The number of aromatic nitrogens is 2. The normalized spacial score (nSPS) is 13.2. The summed E-state index contributed by atoms with van der Waals surface area (Å²) in [6.07, 6.45) is 1.85. The lowest BCUT2D eigenvalue weighted by atomic mass is 10.0. The van der Waals surface area contributed by atoms with E-state index < -0.39 is 5.82 Å². The number of fused-ring (bicyclic) bond motifs is 2. The van der Waals surface area contributed by atoms with E-state index in [9.17, 15) is 14.0 Å². The van der Waals surface area contributed by atoms with Crippen molar-refractivity contribution in [1.82, 2.24) is 9.55 Å². The quantitative estimate of drug-likeness (QED) is 0.340. The monoisotopic (exact) mass is 445 g/mol. The first-order valence-electron chi connectivity index (χ1n) is 10.4. The van der Waals surface area contributed by atoms with Gasteiger partial charge < -0.3 is 4.90 Å². The number of benzene rings is 3. The van der Waals surface area contributed by atoms with Gasteiger partial charge in [0.05, 0.1) is 22.3 Å². The van der Waals surface area contributed by atoms with Crippen molar-refractivity contribution in [3.8, 4) is 5.69 Å². The second-order valence-corrected chi connectivity index (χ2v) is 8.51. The summed E-state index contributed by atoms with van der Waals surface area (Å²) in [6, 6.07) is 21.0. The van der Waals surface area contributed by atoms with Gasteiger partial charge in [-0.2, -0.15) is 0 Å². The smallest absolute Gasteiger partial charge is 0.266 e. The van der Waals surface area contributed by atoms with Crippen LogP contribution in [0.1, 0.15) is 12.0 Å². The summed E-state index contributed by atoms with van der Waals surface area (Å²) >= 11 is 1.15. The standard InChI is InChI=1S/C25H20FN3O2S/c26-19-11-3-6-14-22(19)29-24(31)18-10-2-4-12-20(18)27-25(29)32-16-23(30)28-15-7-9-17-8-1-5-13-21(17)28/h1-6,8,10-14H,7,9,15-16H2. The molecule has 0 atom stereocenters. The van der Waals surface area contributed by atoms with Crippen LogP contribution in [0, 0.1) is 5.82 Å². The predicted molar refractivity (Wildman–Crippen MR) is 125 cm³/mol. The van der Waals surface area contributed by atoms with Crippen LogP contribution in [0.25, 0.3) is 16.6 Å². The van der Waals surface area contributed by atoms with E-state index in [0.29, 0.717) is 17.4 Å². The van der Waals surface area contributed by atoms with Gasteiger partial charge in [-0.05, 0) is 48.7 Å². The van der Waals surface area contributed by atoms with E-state index in [2.05, 4.69) is 4.98 Å². The fraction of sp³-hybridized carbons (Fsp3) is 0.160. The molecule has 0 saturated carbocycles. The average molecular weight is 446 g/mol. The van der Waals surface area contributed by atoms with Crippen molar-refractivity contribution in [2.45, 2.75) is 18.0 Å². The molecule has 0 fully saturated rings. The van der Waals surface area contributed by atoms with Crippen molar-refractivity contribution < 1.29 is 9.18 Å². The Morgan fingerprint density at radius 2 is 1.69 bits per heavy atom. The number of aryl methyl sites for hydroxylation is 1. The molecule has 0 bridgehead atoms. The van der Waals surface area contributed by atoms with Gasteiger partial charge in [-0.1, -0.05) is 54.2 Å². The zero-order chi connectivity index (χ0) is 22.1. The van der Waals surface area contributed by atoms with Crippen LogP contribution in [-0.2, 0) is 11.2 Å². The molecule has 2 heterocycles. The average Bonchev–Trinajstić information content (AvgIpc) is 2.83. The molecule has 3 aromatic carbocycles. The van der Waals surface area contributed by atoms with Gasteiger partial charge in [-0.15, -0.1) is 0 Å². The maximum atomic E-state index is 14.6. The highest BCUT2D eigenvalue weighted by Crippen LogP contribution is 2.29. The maximum Gasteiger partial charge on any atom is 0.266 e. The van der Waals surface area contributed by atoms with E-state index >= 15 is 0 Å². The Kier molecular flexibility index (Phi) is 5.49. The summed E-state index contributed by atoms with van der Waals surface area (Å²) in [7, 11) is 0. The highest BCUT2D eigenvalue weighted by atomic mass is 32.2. The number of thioether (sulfide) groups is 1. The second-order valence-electron chi connectivity index (χ2n) is 7.57. The Hall–Kier alpha value is -3.45. The molecule has 1 aromatic heterocycles. The zero-order valence-corrected chi connectivity index (χ0v) is 18.0. The van der Waals surface area contributed by atoms with Gasteiger partial charge in [-0.25, -0.2) is 9.37 Å². The number of halogens is 1. The van der Waals surface area contributed by atoms with Crippen molar-refractivity contribution in [2.24, 2.45) is 0 Å². The fourth-order valence-corrected chi connectivity index (χ4v) is 4.93. The van der Waals surface area contributed by atoms with Gasteiger partial charge >= 0.3 is 0 Å². The van der Waals surface area contributed by atoms with Crippen LogP contribution in [0.2, 0.25) is 0 Å². The van der Waals surface area contributed by atoms with Crippen LogP contribution in [0.3, 0.4) is 0 Å². The fourth-order valence-electron chi connectivity index (χ4n) is 4.05. The molecule has 1 aliphatic rings. The van der Waals surface area contributed by atoms with Crippen LogP contribution in [0.5, 0.6) is 0 Å². The SMILES string of the molecule is O=C(CSc1nc2ccccc2c(=O)n1-c1ccccc1F)N1CCCc2ccccc21.